The van der Waals surface area contributed by atoms with Gasteiger partial charge in [-0.3, -0.25) is 4.79 Å². The second-order valence-electron chi connectivity index (χ2n) is 19.5. The van der Waals surface area contributed by atoms with Gasteiger partial charge in [-0.05, 0) is 178 Å². The summed E-state index contributed by atoms with van der Waals surface area (Å²) in [6, 6.07) is 85.4. The van der Waals surface area contributed by atoms with E-state index in [1.54, 1.807) is 12.1 Å². The number of unbranched alkanes of at least 4 members (excludes halogenated alkanes) is 1. The third-order valence-electron chi connectivity index (χ3n) is 14.7. The number of ether oxygens (including phenoxy) is 1. The van der Waals surface area contributed by atoms with E-state index in [0.29, 0.717) is 12.2 Å². The monoisotopic (exact) mass is 930 g/mol. The van der Waals surface area contributed by atoms with E-state index in [0.717, 1.165) is 59.6 Å². The van der Waals surface area contributed by atoms with Crippen LogP contribution < -0.4 is 9.64 Å². The van der Waals surface area contributed by atoms with Crippen molar-refractivity contribution in [1.82, 2.24) is 4.57 Å². The minimum absolute atomic E-state index is 0.116. The normalized spacial score (nSPS) is 12.4. The second-order valence-corrected chi connectivity index (χ2v) is 19.5. The first-order valence-electron chi connectivity index (χ1n) is 25.1. The van der Waals surface area contributed by atoms with Crippen LogP contribution in [0.15, 0.2) is 237 Å². The first-order chi connectivity index (χ1) is 35.4. The Balaban J connectivity index is 0.857. The highest BCUT2D eigenvalue weighted by Crippen LogP contribution is 2.51. The number of hydrogen-bond donors (Lipinski definition) is 0. The highest BCUT2D eigenvalue weighted by Gasteiger charge is 2.35. The molecule has 4 nitrogen and oxygen atoms in total. The summed E-state index contributed by atoms with van der Waals surface area (Å²) in [4.78, 5) is 13.4. The first kappa shape index (κ1) is 44.5. The fourth-order valence-corrected chi connectivity index (χ4v) is 10.9. The summed E-state index contributed by atoms with van der Waals surface area (Å²) in [5.74, 6) is 0.797. The molecule has 0 fully saturated rings. The number of aryl methyl sites for hydroxylation is 1. The standard InChI is InChI=1S/C68H54N2O2/c1-68(2)64-19-10-9-18-60(64)61-39-36-58(45-65(61)68)69(56-32-26-50(27-33-56)49-14-5-3-6-15-49)57-34-28-52(29-35-57)54-31-41-67-63(44-54)62-43-53(30-40-66(62)70(67)55-16-7-4-8-17-55)51-24-20-47(21-25-51)13-11-12-42-72-59-37-22-48(46-71)23-38-59/h3-10,14-41,43-46H,11-13,42H2,1-2H3. The maximum Gasteiger partial charge on any atom is 0.150 e. The molecule has 0 saturated heterocycles. The molecule has 0 spiro atoms. The maximum atomic E-state index is 11.0. The Hall–Kier alpha value is -8.73. The molecule has 0 radical (unpaired) electrons. The molecule has 348 valence electrons. The van der Waals surface area contributed by atoms with Crippen LogP contribution in [-0.2, 0) is 11.8 Å². The van der Waals surface area contributed by atoms with Crippen molar-refractivity contribution < 1.29 is 9.53 Å². The smallest absolute Gasteiger partial charge is 0.150 e. The molecule has 10 aromatic carbocycles. The van der Waals surface area contributed by atoms with Gasteiger partial charge in [0.2, 0.25) is 0 Å². The maximum absolute atomic E-state index is 11.0. The van der Waals surface area contributed by atoms with E-state index in [9.17, 15) is 4.79 Å². The number of anilines is 3. The SMILES string of the molecule is CC1(C)c2ccccc2-c2ccc(N(c3ccc(-c4ccccc4)cc3)c3ccc(-c4ccc5c(c4)c4cc(-c6ccc(CCCCOc7ccc(C=O)cc7)cc6)ccc4n5-c4ccccc4)cc3)cc21. The van der Waals surface area contributed by atoms with Crippen molar-refractivity contribution in [3.8, 4) is 55.9 Å². The number of hydrogen-bond acceptors (Lipinski definition) is 3. The van der Waals surface area contributed by atoms with E-state index in [1.165, 1.54) is 77.4 Å². The first-order valence-corrected chi connectivity index (χ1v) is 25.1. The van der Waals surface area contributed by atoms with Crippen LogP contribution in [0.2, 0.25) is 0 Å². The van der Waals surface area contributed by atoms with E-state index in [-0.39, 0.29) is 5.41 Å². The Morgan fingerprint density at radius 3 is 1.60 bits per heavy atom. The van der Waals surface area contributed by atoms with Crippen molar-refractivity contribution >= 4 is 45.2 Å². The molecule has 1 aliphatic carbocycles. The van der Waals surface area contributed by atoms with Crippen LogP contribution in [0.25, 0.3) is 72.0 Å². The molecule has 0 saturated carbocycles. The van der Waals surface area contributed by atoms with Gasteiger partial charge < -0.3 is 14.2 Å². The summed E-state index contributed by atoms with van der Waals surface area (Å²) in [7, 11) is 0. The minimum atomic E-state index is -0.116. The molecule has 0 atom stereocenters. The molecule has 0 bridgehead atoms. The topological polar surface area (TPSA) is 34.5 Å². The molecule has 4 heteroatoms. The largest absolute Gasteiger partial charge is 0.494 e. The Morgan fingerprint density at radius 2 is 0.972 bits per heavy atom. The highest BCUT2D eigenvalue weighted by molar-refractivity contribution is 6.11. The molecule has 0 unspecified atom stereocenters. The number of aromatic nitrogens is 1. The number of aldehydes is 1. The fraction of sp³-hybridized carbons (Fsp3) is 0.103. The molecule has 1 heterocycles. The van der Waals surface area contributed by atoms with Gasteiger partial charge in [0.05, 0.1) is 17.6 Å². The minimum Gasteiger partial charge on any atom is -0.494 e. The van der Waals surface area contributed by atoms with Gasteiger partial charge >= 0.3 is 0 Å². The molecule has 0 amide bonds. The summed E-state index contributed by atoms with van der Waals surface area (Å²) in [6.07, 6.45) is 3.83. The molecule has 1 aromatic heterocycles. The predicted octanol–water partition coefficient (Wildman–Crippen LogP) is 17.8. The number of rotatable bonds is 14. The second kappa shape index (κ2) is 18.9. The van der Waals surface area contributed by atoms with Crippen molar-refractivity contribution in [1.29, 1.82) is 0 Å². The van der Waals surface area contributed by atoms with Gasteiger partial charge in [0.25, 0.3) is 0 Å². The summed E-state index contributed by atoms with van der Waals surface area (Å²) in [6.45, 7) is 5.35. The molecule has 11 aromatic rings. The molecule has 72 heavy (non-hydrogen) atoms. The van der Waals surface area contributed by atoms with E-state index in [2.05, 4.69) is 236 Å². The number of fused-ring (bicyclic) bond motifs is 6. The van der Waals surface area contributed by atoms with Gasteiger partial charge in [-0.25, -0.2) is 0 Å². The molecule has 1 aliphatic rings. The number of para-hydroxylation sites is 1. The van der Waals surface area contributed by atoms with Gasteiger partial charge in [0.1, 0.15) is 12.0 Å². The molecule has 12 rings (SSSR count). The average molecular weight is 931 g/mol. The van der Waals surface area contributed by atoms with Gasteiger partial charge in [-0.15, -0.1) is 0 Å². The van der Waals surface area contributed by atoms with Crippen LogP contribution in [0.4, 0.5) is 17.1 Å². The van der Waals surface area contributed by atoms with E-state index in [1.807, 2.05) is 12.1 Å². The third-order valence-corrected chi connectivity index (χ3v) is 14.7. The van der Waals surface area contributed by atoms with Crippen molar-refractivity contribution in [3.05, 3.63) is 259 Å². The number of nitrogens with zero attached hydrogens (tertiary/aromatic N) is 2. The van der Waals surface area contributed by atoms with Gasteiger partial charge in [0.15, 0.2) is 0 Å². The number of carbonyl (C=O) groups is 1. The zero-order valence-electron chi connectivity index (χ0n) is 40.6. The average Bonchev–Trinajstić information content (AvgIpc) is 3.89. The fourth-order valence-electron chi connectivity index (χ4n) is 10.9. The van der Waals surface area contributed by atoms with Crippen LogP contribution in [0, 0.1) is 0 Å². The Bertz CT molecular complexity index is 3720. The highest BCUT2D eigenvalue weighted by atomic mass is 16.5. The van der Waals surface area contributed by atoms with Gasteiger partial charge in [-0.2, -0.15) is 0 Å². The predicted molar refractivity (Wildman–Crippen MR) is 300 cm³/mol. The van der Waals surface area contributed by atoms with Gasteiger partial charge in [-0.1, -0.05) is 153 Å². The lowest BCUT2D eigenvalue weighted by molar-refractivity contribution is 0.112. The lowest BCUT2D eigenvalue weighted by atomic mass is 9.82. The zero-order chi connectivity index (χ0) is 48.6. The van der Waals surface area contributed by atoms with Crippen LogP contribution in [0.1, 0.15) is 53.7 Å². The summed E-state index contributed by atoms with van der Waals surface area (Å²) >= 11 is 0. The van der Waals surface area contributed by atoms with Crippen molar-refractivity contribution in [3.63, 3.8) is 0 Å². The van der Waals surface area contributed by atoms with Crippen LogP contribution in [0.5, 0.6) is 5.75 Å². The third kappa shape index (κ3) is 8.35. The van der Waals surface area contributed by atoms with Gasteiger partial charge in [0, 0.05) is 44.5 Å². The van der Waals surface area contributed by atoms with Crippen LogP contribution in [0.3, 0.4) is 0 Å². The molecule has 0 N–H and O–H groups in total. The van der Waals surface area contributed by atoms with Crippen molar-refractivity contribution in [2.45, 2.75) is 38.5 Å². The van der Waals surface area contributed by atoms with E-state index >= 15 is 0 Å². The summed E-state index contributed by atoms with van der Waals surface area (Å²) < 4.78 is 8.31. The van der Waals surface area contributed by atoms with Crippen molar-refractivity contribution in [2.75, 3.05) is 11.5 Å². The number of carbonyl (C=O) groups excluding carboxylic acids is 1. The molecular weight excluding hydrogens is 877 g/mol. The quantitative estimate of drug-likeness (QED) is 0.0805. The van der Waals surface area contributed by atoms with E-state index in [4.69, 9.17) is 4.74 Å². The van der Waals surface area contributed by atoms with Crippen LogP contribution >= 0.6 is 0 Å². The Morgan fingerprint density at radius 1 is 0.458 bits per heavy atom. The Labute approximate surface area is 422 Å². The zero-order valence-corrected chi connectivity index (χ0v) is 40.6. The lowest BCUT2D eigenvalue weighted by Crippen LogP contribution is -2.16. The van der Waals surface area contributed by atoms with Crippen molar-refractivity contribution in [2.24, 2.45) is 0 Å². The number of benzene rings is 10. The van der Waals surface area contributed by atoms with E-state index < -0.39 is 0 Å². The van der Waals surface area contributed by atoms with Crippen LogP contribution in [-0.4, -0.2) is 17.5 Å². The lowest BCUT2D eigenvalue weighted by Gasteiger charge is -2.28. The summed E-state index contributed by atoms with van der Waals surface area (Å²) in [5, 5.41) is 2.44. The summed E-state index contributed by atoms with van der Waals surface area (Å²) in [5.41, 5.74) is 21.2. The Kier molecular flexibility index (Phi) is 11.7. The molecular formula is C68H54N2O2. The molecule has 0 aliphatic heterocycles.